The van der Waals surface area contributed by atoms with Gasteiger partial charge in [-0.05, 0) is 36.8 Å². The lowest BCUT2D eigenvalue weighted by Crippen LogP contribution is -2.15. The quantitative estimate of drug-likeness (QED) is 0.541. The van der Waals surface area contributed by atoms with Crippen molar-refractivity contribution >= 4 is 17.3 Å². The van der Waals surface area contributed by atoms with E-state index >= 15 is 0 Å². The maximum atomic E-state index is 12.3. The number of carbonyl (C=O) groups excluding carboxylic acids is 1. The molecule has 1 heterocycles. The number of para-hydroxylation sites is 1. The van der Waals surface area contributed by atoms with Crippen LogP contribution in [0.5, 0.6) is 5.75 Å². The van der Waals surface area contributed by atoms with E-state index in [2.05, 4.69) is 10.4 Å². The lowest BCUT2D eigenvalue weighted by atomic mass is 10.2. The molecule has 3 rings (SSSR count). The Hall–Kier alpha value is -3.68. The molecule has 0 radical (unpaired) electrons. The number of hydrogen-bond acceptors (Lipinski definition) is 5. The lowest BCUT2D eigenvalue weighted by molar-refractivity contribution is -0.384. The van der Waals surface area contributed by atoms with Crippen LogP contribution in [0.4, 0.5) is 11.4 Å². The van der Waals surface area contributed by atoms with Gasteiger partial charge in [-0.15, -0.1) is 0 Å². The summed E-state index contributed by atoms with van der Waals surface area (Å²) < 4.78 is 7.01. The molecule has 0 atom stereocenters. The largest absolute Gasteiger partial charge is 0.471 e. The Kier molecular flexibility index (Phi) is 4.93. The number of aryl methyl sites for hydroxylation is 1. The highest BCUT2D eigenvalue weighted by Crippen LogP contribution is 2.25. The second-order valence-corrected chi connectivity index (χ2v) is 5.56. The first-order chi connectivity index (χ1) is 12.5. The molecule has 1 aromatic heterocycles. The number of carbonyl (C=O) groups is 1. The number of benzene rings is 2. The van der Waals surface area contributed by atoms with E-state index in [4.69, 9.17) is 4.74 Å². The van der Waals surface area contributed by atoms with E-state index < -0.39 is 10.8 Å². The predicted octanol–water partition coefficient (Wildman–Crippen LogP) is 3.39. The number of nitro groups is 1. The third-order valence-electron chi connectivity index (χ3n) is 3.58. The third-order valence-corrected chi connectivity index (χ3v) is 3.58. The molecule has 132 valence electrons. The molecule has 0 unspecified atom stereocenters. The molecule has 26 heavy (non-hydrogen) atoms. The van der Waals surface area contributed by atoms with Crippen molar-refractivity contribution in [3.63, 3.8) is 0 Å². The van der Waals surface area contributed by atoms with Crippen LogP contribution in [0.25, 0.3) is 0 Å². The van der Waals surface area contributed by atoms with Gasteiger partial charge in [0.2, 0.25) is 0 Å². The first-order valence-electron chi connectivity index (χ1n) is 7.80. The predicted molar refractivity (Wildman–Crippen MR) is 95.1 cm³/mol. The van der Waals surface area contributed by atoms with E-state index in [9.17, 15) is 14.9 Å². The van der Waals surface area contributed by atoms with Crippen molar-refractivity contribution in [2.75, 3.05) is 5.32 Å². The van der Waals surface area contributed by atoms with Gasteiger partial charge in [-0.2, -0.15) is 5.10 Å². The Bertz CT molecular complexity index is 937. The van der Waals surface area contributed by atoms with Gasteiger partial charge in [-0.3, -0.25) is 14.9 Å². The molecule has 0 bridgehead atoms. The minimum atomic E-state index is -0.533. The summed E-state index contributed by atoms with van der Waals surface area (Å²) in [4.78, 5) is 22.9. The standard InChI is InChI=1S/C18H16N4O4/c1-13-7-8-15(17(11-13)22(24)25)19-18(23)16-9-10-21(20-16)12-26-14-5-3-2-4-6-14/h2-11H,12H2,1H3,(H,19,23). The molecule has 2 aromatic carbocycles. The highest BCUT2D eigenvalue weighted by Gasteiger charge is 2.18. The monoisotopic (exact) mass is 352 g/mol. The molecule has 1 N–H and O–H groups in total. The first kappa shape index (κ1) is 17.2. The number of aromatic nitrogens is 2. The number of amides is 1. The molecule has 0 aliphatic carbocycles. The summed E-state index contributed by atoms with van der Waals surface area (Å²) in [5, 5.41) is 17.8. The van der Waals surface area contributed by atoms with Gasteiger partial charge in [0.1, 0.15) is 11.4 Å². The van der Waals surface area contributed by atoms with E-state index in [0.29, 0.717) is 5.75 Å². The van der Waals surface area contributed by atoms with Crippen LogP contribution < -0.4 is 10.1 Å². The average molecular weight is 352 g/mol. The van der Waals surface area contributed by atoms with Crippen LogP contribution in [0.2, 0.25) is 0 Å². The van der Waals surface area contributed by atoms with Crippen molar-refractivity contribution in [2.45, 2.75) is 13.7 Å². The van der Waals surface area contributed by atoms with Gasteiger partial charge in [0.05, 0.1) is 4.92 Å². The number of nitrogens with zero attached hydrogens (tertiary/aromatic N) is 3. The summed E-state index contributed by atoms with van der Waals surface area (Å²) in [5.74, 6) is 0.152. The Balaban J connectivity index is 1.68. The fourth-order valence-corrected chi connectivity index (χ4v) is 2.30. The van der Waals surface area contributed by atoms with Crippen LogP contribution in [0.15, 0.2) is 60.8 Å². The fourth-order valence-electron chi connectivity index (χ4n) is 2.30. The summed E-state index contributed by atoms with van der Waals surface area (Å²) in [7, 11) is 0. The number of nitrogens with one attached hydrogen (secondary N) is 1. The molecule has 0 aliphatic heterocycles. The summed E-state index contributed by atoms with van der Waals surface area (Å²) in [5.41, 5.74) is 0.833. The summed E-state index contributed by atoms with van der Waals surface area (Å²) in [6.45, 7) is 1.88. The summed E-state index contributed by atoms with van der Waals surface area (Å²) in [6.07, 6.45) is 1.60. The van der Waals surface area contributed by atoms with Gasteiger partial charge >= 0.3 is 0 Å². The molecule has 0 spiro atoms. The maximum absolute atomic E-state index is 12.3. The van der Waals surface area contributed by atoms with Crippen LogP contribution >= 0.6 is 0 Å². The van der Waals surface area contributed by atoms with Crippen LogP contribution in [0.1, 0.15) is 16.1 Å². The van der Waals surface area contributed by atoms with Crippen molar-refractivity contribution in [2.24, 2.45) is 0 Å². The minimum Gasteiger partial charge on any atom is -0.471 e. The van der Waals surface area contributed by atoms with Crippen molar-refractivity contribution in [1.29, 1.82) is 0 Å². The van der Waals surface area contributed by atoms with Gasteiger partial charge in [-0.1, -0.05) is 24.3 Å². The molecule has 1 amide bonds. The van der Waals surface area contributed by atoms with Crippen LogP contribution in [0.3, 0.4) is 0 Å². The van der Waals surface area contributed by atoms with Crippen LogP contribution in [0, 0.1) is 17.0 Å². The minimum absolute atomic E-state index is 0.126. The van der Waals surface area contributed by atoms with Gasteiger partial charge in [0.15, 0.2) is 12.4 Å². The van der Waals surface area contributed by atoms with Crippen molar-refractivity contribution in [3.8, 4) is 5.75 Å². The van der Waals surface area contributed by atoms with Gasteiger partial charge in [0.25, 0.3) is 11.6 Å². The van der Waals surface area contributed by atoms with E-state index in [1.54, 1.807) is 19.2 Å². The van der Waals surface area contributed by atoms with E-state index in [0.717, 1.165) is 5.56 Å². The molecule has 3 aromatic rings. The number of ether oxygens (including phenoxy) is 1. The number of nitro benzene ring substituents is 1. The Morgan fingerprint density at radius 2 is 2.00 bits per heavy atom. The van der Waals surface area contributed by atoms with Gasteiger partial charge in [-0.25, -0.2) is 4.68 Å². The zero-order valence-electron chi connectivity index (χ0n) is 14.0. The number of rotatable bonds is 6. The second-order valence-electron chi connectivity index (χ2n) is 5.56. The topological polar surface area (TPSA) is 99.3 Å². The van der Waals surface area contributed by atoms with E-state index in [1.165, 1.54) is 22.9 Å². The third kappa shape index (κ3) is 4.04. The van der Waals surface area contributed by atoms with Crippen molar-refractivity contribution in [3.05, 3.63) is 82.2 Å². The Labute approximate surface area is 149 Å². The highest BCUT2D eigenvalue weighted by atomic mass is 16.6. The van der Waals surface area contributed by atoms with Crippen LogP contribution in [-0.4, -0.2) is 20.6 Å². The molecule has 0 aliphatic rings. The van der Waals surface area contributed by atoms with Crippen LogP contribution in [-0.2, 0) is 6.73 Å². The average Bonchev–Trinajstić information content (AvgIpc) is 3.11. The zero-order valence-corrected chi connectivity index (χ0v) is 14.0. The Morgan fingerprint density at radius 1 is 1.23 bits per heavy atom. The number of hydrogen-bond donors (Lipinski definition) is 1. The van der Waals surface area contributed by atoms with Gasteiger partial charge < -0.3 is 10.1 Å². The fraction of sp³-hybridized carbons (Fsp3) is 0.111. The lowest BCUT2D eigenvalue weighted by Gasteiger charge is -2.06. The summed E-state index contributed by atoms with van der Waals surface area (Å²) in [6, 6.07) is 15.3. The SMILES string of the molecule is Cc1ccc(NC(=O)c2ccn(COc3ccccc3)n2)c([N+](=O)[O-])c1. The van der Waals surface area contributed by atoms with Crippen molar-refractivity contribution < 1.29 is 14.5 Å². The summed E-state index contributed by atoms with van der Waals surface area (Å²) >= 11 is 0. The van der Waals surface area contributed by atoms with Gasteiger partial charge in [0, 0.05) is 12.3 Å². The number of anilines is 1. The van der Waals surface area contributed by atoms with E-state index in [1.807, 2.05) is 30.3 Å². The maximum Gasteiger partial charge on any atom is 0.293 e. The highest BCUT2D eigenvalue weighted by molar-refractivity contribution is 6.04. The first-order valence-corrected chi connectivity index (χ1v) is 7.80. The smallest absolute Gasteiger partial charge is 0.293 e. The Morgan fingerprint density at radius 3 is 2.73 bits per heavy atom. The molecule has 0 saturated heterocycles. The molecule has 8 nitrogen and oxygen atoms in total. The molecule has 8 heteroatoms. The normalized spacial score (nSPS) is 10.3. The van der Waals surface area contributed by atoms with E-state index in [-0.39, 0.29) is 23.8 Å². The second kappa shape index (κ2) is 7.47. The molecular formula is C18H16N4O4. The molecular weight excluding hydrogens is 336 g/mol. The molecule has 0 saturated carbocycles. The molecule has 0 fully saturated rings. The van der Waals surface area contributed by atoms with Crippen molar-refractivity contribution in [1.82, 2.24) is 9.78 Å². The zero-order chi connectivity index (χ0) is 18.5.